The maximum Gasteiger partial charge on any atom is 0.336 e. The lowest BCUT2D eigenvalue weighted by Crippen LogP contribution is -2.30. The molecule has 0 bridgehead atoms. The Morgan fingerprint density at radius 3 is 2.90 bits per heavy atom. The highest BCUT2D eigenvalue weighted by atomic mass is 16.6. The molecule has 0 saturated carbocycles. The summed E-state index contributed by atoms with van der Waals surface area (Å²) in [6.45, 7) is 6.05. The molecule has 1 aromatic carbocycles. The number of ether oxygens (including phenoxy) is 3. The van der Waals surface area contributed by atoms with Gasteiger partial charge >= 0.3 is 5.63 Å². The minimum atomic E-state index is -0.435. The van der Waals surface area contributed by atoms with Crippen molar-refractivity contribution in [3.63, 3.8) is 0 Å². The minimum absolute atomic E-state index is 0.246. The molecule has 0 spiro atoms. The Balaban J connectivity index is 2.25. The highest BCUT2D eigenvalue weighted by molar-refractivity contribution is 5.88. The maximum atomic E-state index is 11.4. The van der Waals surface area contributed by atoms with Gasteiger partial charge in [-0.1, -0.05) is 6.58 Å². The second kappa shape index (κ2) is 4.59. The largest absolute Gasteiger partial charge is 0.493 e. The summed E-state index contributed by atoms with van der Waals surface area (Å²) in [5, 5.41) is 0.720. The van der Waals surface area contributed by atoms with Gasteiger partial charge in [0.15, 0.2) is 17.4 Å². The second-order valence-corrected chi connectivity index (χ2v) is 4.67. The van der Waals surface area contributed by atoms with Crippen LogP contribution in [0, 0.1) is 0 Å². The first kappa shape index (κ1) is 12.6. The molecular formula is C15H14O5. The molecule has 1 aliphatic rings. The minimum Gasteiger partial charge on any atom is -0.493 e. The van der Waals surface area contributed by atoms with E-state index in [4.69, 9.17) is 18.6 Å². The Morgan fingerprint density at radius 2 is 2.20 bits per heavy atom. The lowest BCUT2D eigenvalue weighted by molar-refractivity contribution is 0.111. The Hall–Kier alpha value is -2.43. The van der Waals surface area contributed by atoms with Gasteiger partial charge in [0, 0.05) is 11.5 Å². The van der Waals surface area contributed by atoms with Gasteiger partial charge in [-0.15, -0.1) is 0 Å². The number of rotatable bonds is 2. The zero-order valence-electron chi connectivity index (χ0n) is 11.3. The Kier molecular flexibility index (Phi) is 2.89. The van der Waals surface area contributed by atoms with Crippen LogP contribution in [0.15, 0.2) is 39.6 Å². The number of methoxy groups -OCH3 is 1. The normalized spacial score (nSPS) is 17.0. The van der Waals surface area contributed by atoms with Gasteiger partial charge in [-0.05, 0) is 24.6 Å². The third kappa shape index (κ3) is 1.91. The molecule has 3 rings (SSSR count). The molecule has 5 heteroatoms. The van der Waals surface area contributed by atoms with Crippen molar-refractivity contribution >= 4 is 11.0 Å². The average molecular weight is 274 g/mol. The lowest BCUT2D eigenvalue weighted by atomic mass is 10.1. The zero-order valence-corrected chi connectivity index (χ0v) is 11.3. The van der Waals surface area contributed by atoms with Crippen LogP contribution in [0.2, 0.25) is 0 Å². The van der Waals surface area contributed by atoms with Crippen LogP contribution >= 0.6 is 0 Å². The third-order valence-electron chi connectivity index (χ3n) is 3.20. The standard InChI is InChI=1S/C15H14O5/c1-8(2)11-7-18-15-13-9(4-5-12(16)20-13)6-10(17-3)14(15)19-11/h4-6,11H,1,7H2,2-3H3. The first-order chi connectivity index (χ1) is 9.60. The molecule has 104 valence electrons. The van der Waals surface area contributed by atoms with Gasteiger partial charge in [0.2, 0.25) is 11.5 Å². The molecule has 0 amide bonds. The van der Waals surface area contributed by atoms with Gasteiger partial charge in [-0.25, -0.2) is 4.79 Å². The van der Waals surface area contributed by atoms with Crippen molar-refractivity contribution in [2.24, 2.45) is 0 Å². The van der Waals surface area contributed by atoms with Crippen LogP contribution in [-0.2, 0) is 0 Å². The fourth-order valence-electron chi connectivity index (χ4n) is 2.11. The van der Waals surface area contributed by atoms with Crippen LogP contribution in [0.1, 0.15) is 6.92 Å². The van der Waals surface area contributed by atoms with Crippen molar-refractivity contribution in [2.45, 2.75) is 13.0 Å². The van der Waals surface area contributed by atoms with E-state index in [0.29, 0.717) is 29.4 Å². The molecule has 1 aromatic heterocycles. The molecule has 1 atom stereocenters. The fraction of sp³-hybridized carbons (Fsp3) is 0.267. The summed E-state index contributed by atoms with van der Waals surface area (Å²) < 4.78 is 22.1. The van der Waals surface area contributed by atoms with Crippen LogP contribution in [0.5, 0.6) is 17.2 Å². The van der Waals surface area contributed by atoms with Crippen molar-refractivity contribution < 1.29 is 18.6 Å². The van der Waals surface area contributed by atoms with E-state index in [1.807, 2.05) is 6.92 Å². The SMILES string of the molecule is C=C(C)C1COc2c(c(OC)cc3ccc(=O)oc23)O1. The molecule has 0 aliphatic carbocycles. The highest BCUT2D eigenvalue weighted by Crippen LogP contribution is 2.46. The smallest absolute Gasteiger partial charge is 0.336 e. The van der Waals surface area contributed by atoms with Crippen molar-refractivity contribution in [3.8, 4) is 17.2 Å². The highest BCUT2D eigenvalue weighted by Gasteiger charge is 2.28. The van der Waals surface area contributed by atoms with Crippen LogP contribution < -0.4 is 19.8 Å². The van der Waals surface area contributed by atoms with E-state index >= 15 is 0 Å². The fourth-order valence-corrected chi connectivity index (χ4v) is 2.11. The van der Waals surface area contributed by atoms with Crippen LogP contribution in [0.25, 0.3) is 11.0 Å². The molecule has 0 N–H and O–H groups in total. The third-order valence-corrected chi connectivity index (χ3v) is 3.20. The van der Waals surface area contributed by atoms with E-state index in [0.717, 1.165) is 11.0 Å². The van der Waals surface area contributed by atoms with Crippen molar-refractivity contribution in [1.29, 1.82) is 0 Å². The average Bonchev–Trinajstić information content (AvgIpc) is 2.45. The van der Waals surface area contributed by atoms with Crippen molar-refractivity contribution in [2.75, 3.05) is 13.7 Å². The Morgan fingerprint density at radius 1 is 1.40 bits per heavy atom. The lowest BCUT2D eigenvalue weighted by Gasteiger charge is -2.28. The second-order valence-electron chi connectivity index (χ2n) is 4.67. The van der Waals surface area contributed by atoms with Crippen LogP contribution in [0.4, 0.5) is 0 Å². The molecular weight excluding hydrogens is 260 g/mol. The molecule has 0 radical (unpaired) electrons. The Bertz CT molecular complexity index is 744. The number of benzene rings is 1. The van der Waals surface area contributed by atoms with Gasteiger partial charge in [0.05, 0.1) is 7.11 Å². The van der Waals surface area contributed by atoms with E-state index in [9.17, 15) is 4.79 Å². The monoisotopic (exact) mass is 274 g/mol. The van der Waals surface area contributed by atoms with E-state index in [1.165, 1.54) is 6.07 Å². The summed E-state index contributed by atoms with van der Waals surface area (Å²) in [5.41, 5.74) is 0.788. The Labute approximate surface area is 115 Å². The molecule has 2 heterocycles. The zero-order chi connectivity index (χ0) is 14.3. The van der Waals surface area contributed by atoms with Gasteiger partial charge in [0.25, 0.3) is 0 Å². The van der Waals surface area contributed by atoms with Crippen LogP contribution in [0.3, 0.4) is 0 Å². The molecule has 0 fully saturated rings. The van der Waals surface area contributed by atoms with Crippen LogP contribution in [-0.4, -0.2) is 19.8 Å². The van der Waals surface area contributed by atoms with E-state index in [1.54, 1.807) is 19.2 Å². The van der Waals surface area contributed by atoms with E-state index in [-0.39, 0.29) is 6.10 Å². The molecule has 0 saturated heterocycles. The molecule has 1 aliphatic heterocycles. The summed E-state index contributed by atoms with van der Waals surface area (Å²) in [7, 11) is 1.55. The van der Waals surface area contributed by atoms with Gasteiger partial charge in [-0.3, -0.25) is 0 Å². The summed E-state index contributed by atoms with van der Waals surface area (Å²) in [6, 6.07) is 4.77. The molecule has 2 aromatic rings. The van der Waals surface area contributed by atoms with E-state index < -0.39 is 5.63 Å². The predicted octanol–water partition coefficient (Wildman–Crippen LogP) is 2.52. The van der Waals surface area contributed by atoms with Gasteiger partial charge in [-0.2, -0.15) is 0 Å². The molecule has 1 unspecified atom stereocenters. The first-order valence-corrected chi connectivity index (χ1v) is 6.20. The van der Waals surface area contributed by atoms with Gasteiger partial charge in [0.1, 0.15) is 6.61 Å². The summed E-state index contributed by atoms with van der Waals surface area (Å²) in [5.74, 6) is 1.37. The van der Waals surface area contributed by atoms with Gasteiger partial charge < -0.3 is 18.6 Å². The van der Waals surface area contributed by atoms with Crippen molar-refractivity contribution in [3.05, 3.63) is 40.8 Å². The number of fused-ring (bicyclic) bond motifs is 3. The summed E-state index contributed by atoms with van der Waals surface area (Å²) >= 11 is 0. The number of hydrogen-bond donors (Lipinski definition) is 0. The predicted molar refractivity (Wildman–Crippen MR) is 73.8 cm³/mol. The molecule has 5 nitrogen and oxygen atoms in total. The number of hydrogen-bond acceptors (Lipinski definition) is 5. The quantitative estimate of drug-likeness (QED) is 0.622. The summed E-state index contributed by atoms with van der Waals surface area (Å²) in [4.78, 5) is 11.4. The topological polar surface area (TPSA) is 57.9 Å². The van der Waals surface area contributed by atoms with Crippen molar-refractivity contribution in [1.82, 2.24) is 0 Å². The summed E-state index contributed by atoms with van der Waals surface area (Å²) in [6.07, 6.45) is -0.246. The molecule has 20 heavy (non-hydrogen) atoms. The van der Waals surface area contributed by atoms with E-state index in [2.05, 4.69) is 6.58 Å². The first-order valence-electron chi connectivity index (χ1n) is 6.20. The maximum absolute atomic E-state index is 11.4.